The van der Waals surface area contributed by atoms with Crippen molar-refractivity contribution >= 4 is 17.8 Å². The first kappa shape index (κ1) is 22.8. The van der Waals surface area contributed by atoms with Gasteiger partial charge in [-0.1, -0.05) is 61.5 Å². The summed E-state index contributed by atoms with van der Waals surface area (Å²) < 4.78 is 0. The van der Waals surface area contributed by atoms with Crippen LogP contribution in [0.2, 0.25) is 0 Å². The maximum Gasteiger partial charge on any atom is 0.325 e. The van der Waals surface area contributed by atoms with Crippen LogP contribution in [0.1, 0.15) is 41.2 Å². The van der Waals surface area contributed by atoms with Gasteiger partial charge in [0.05, 0.1) is 0 Å². The van der Waals surface area contributed by atoms with Crippen LogP contribution < -0.4 is 5.32 Å². The smallest absolute Gasteiger partial charge is 0.325 e. The van der Waals surface area contributed by atoms with Gasteiger partial charge in [0.25, 0.3) is 5.91 Å². The van der Waals surface area contributed by atoms with Crippen LogP contribution in [0.25, 0.3) is 0 Å². The van der Waals surface area contributed by atoms with Gasteiger partial charge in [-0.3, -0.25) is 19.5 Å². The summed E-state index contributed by atoms with van der Waals surface area (Å²) in [5, 5.41) is 2.90. The second-order valence-corrected chi connectivity index (χ2v) is 9.17. The second-order valence-electron chi connectivity index (χ2n) is 9.17. The minimum Gasteiger partial charge on any atom is -0.332 e. The molecule has 1 aromatic heterocycles. The Kier molecular flexibility index (Phi) is 6.07. The molecule has 0 saturated carbocycles. The lowest BCUT2D eigenvalue weighted by Crippen LogP contribution is -2.44. The molecule has 3 aromatic rings. The summed E-state index contributed by atoms with van der Waals surface area (Å²) in [6.45, 7) is 2.50. The Bertz CT molecular complexity index is 1260. The van der Waals surface area contributed by atoms with Crippen molar-refractivity contribution in [1.29, 1.82) is 0 Å². The number of nitrogens with zero attached hydrogens (tertiary/aromatic N) is 3. The van der Waals surface area contributed by atoms with E-state index < -0.39 is 11.6 Å². The third-order valence-corrected chi connectivity index (χ3v) is 6.97. The molecular formula is C28H28N4O3. The van der Waals surface area contributed by atoms with Gasteiger partial charge in [-0.05, 0) is 53.1 Å². The number of benzene rings is 2. The van der Waals surface area contributed by atoms with Gasteiger partial charge < -0.3 is 10.2 Å². The Hall–Kier alpha value is -4.00. The minimum absolute atomic E-state index is 0.291. The number of carbonyl (C=O) groups excluding carboxylic acids is 3. The molecule has 2 aromatic carbocycles. The third kappa shape index (κ3) is 4.30. The lowest BCUT2D eigenvalue weighted by atomic mass is 9.92. The van der Waals surface area contributed by atoms with Crippen molar-refractivity contribution < 1.29 is 14.4 Å². The van der Waals surface area contributed by atoms with E-state index in [0.29, 0.717) is 25.9 Å². The molecule has 7 nitrogen and oxygen atoms in total. The molecule has 1 atom stereocenters. The van der Waals surface area contributed by atoms with Crippen molar-refractivity contribution in [2.75, 3.05) is 6.54 Å². The monoisotopic (exact) mass is 468 g/mol. The van der Waals surface area contributed by atoms with Crippen LogP contribution >= 0.6 is 0 Å². The van der Waals surface area contributed by atoms with Crippen molar-refractivity contribution in [3.05, 3.63) is 101 Å². The maximum absolute atomic E-state index is 13.5. The number of amides is 4. The fourth-order valence-electron chi connectivity index (χ4n) is 5.01. The number of pyridine rings is 1. The normalized spacial score (nSPS) is 18.6. The summed E-state index contributed by atoms with van der Waals surface area (Å²) in [5.74, 6) is -0.644. The Morgan fingerprint density at radius 1 is 1.00 bits per heavy atom. The van der Waals surface area contributed by atoms with Gasteiger partial charge in [-0.2, -0.15) is 0 Å². The molecule has 1 aliphatic heterocycles. The number of aryl methyl sites for hydroxylation is 2. The number of hydrogen-bond donors (Lipinski definition) is 1. The molecule has 1 aliphatic carbocycles. The van der Waals surface area contributed by atoms with E-state index in [2.05, 4.69) is 29.4 Å². The average molecular weight is 469 g/mol. The molecule has 1 fully saturated rings. The number of urea groups is 1. The lowest BCUT2D eigenvalue weighted by Gasteiger charge is -2.26. The largest absolute Gasteiger partial charge is 0.332 e. The van der Waals surface area contributed by atoms with Crippen molar-refractivity contribution in [2.24, 2.45) is 0 Å². The molecule has 1 spiro atoms. The van der Waals surface area contributed by atoms with Gasteiger partial charge in [0.2, 0.25) is 5.91 Å². The van der Waals surface area contributed by atoms with E-state index in [4.69, 9.17) is 0 Å². The van der Waals surface area contributed by atoms with Gasteiger partial charge in [0, 0.05) is 25.5 Å². The van der Waals surface area contributed by atoms with Crippen LogP contribution in [-0.2, 0) is 41.1 Å². The number of fused-ring (bicyclic) bond motifs is 2. The SMILES string of the molecule is CCc1ccc(CN(Cc2cccnc2)C(=O)CN2C(=O)NC3(CCc4ccccc43)C2=O)cc1. The molecule has 178 valence electrons. The van der Waals surface area contributed by atoms with E-state index in [1.807, 2.05) is 48.5 Å². The summed E-state index contributed by atoms with van der Waals surface area (Å²) in [7, 11) is 0. The predicted octanol–water partition coefficient (Wildman–Crippen LogP) is 3.57. The zero-order valence-electron chi connectivity index (χ0n) is 19.7. The Morgan fingerprint density at radius 2 is 1.74 bits per heavy atom. The fourth-order valence-corrected chi connectivity index (χ4v) is 5.01. The molecule has 2 aliphatic rings. The highest BCUT2D eigenvalue weighted by molar-refractivity contribution is 6.09. The highest BCUT2D eigenvalue weighted by Crippen LogP contribution is 2.41. The van der Waals surface area contributed by atoms with Crippen molar-refractivity contribution in [3.63, 3.8) is 0 Å². The Balaban J connectivity index is 1.37. The van der Waals surface area contributed by atoms with Gasteiger partial charge in [0.15, 0.2) is 0 Å². The molecule has 2 heterocycles. The Labute approximate surface area is 204 Å². The average Bonchev–Trinajstić information content (AvgIpc) is 3.37. The van der Waals surface area contributed by atoms with E-state index in [9.17, 15) is 14.4 Å². The van der Waals surface area contributed by atoms with Crippen molar-refractivity contribution in [2.45, 2.75) is 44.8 Å². The van der Waals surface area contributed by atoms with Crippen LogP contribution in [-0.4, -0.2) is 39.2 Å². The molecule has 0 bridgehead atoms. The summed E-state index contributed by atoms with van der Waals surface area (Å²) in [5.41, 5.74) is 3.90. The van der Waals surface area contributed by atoms with Crippen LogP contribution in [0, 0.1) is 0 Å². The highest BCUT2D eigenvalue weighted by Gasteiger charge is 2.55. The van der Waals surface area contributed by atoms with Crippen LogP contribution in [0.4, 0.5) is 4.79 Å². The Morgan fingerprint density at radius 3 is 2.49 bits per heavy atom. The van der Waals surface area contributed by atoms with E-state index >= 15 is 0 Å². The van der Waals surface area contributed by atoms with Crippen LogP contribution in [0.15, 0.2) is 73.1 Å². The molecule has 35 heavy (non-hydrogen) atoms. The second kappa shape index (κ2) is 9.33. The number of carbonyl (C=O) groups is 3. The summed E-state index contributed by atoms with van der Waals surface area (Å²) in [4.78, 5) is 46.8. The minimum atomic E-state index is -1.07. The molecular weight excluding hydrogens is 440 g/mol. The quantitative estimate of drug-likeness (QED) is 0.538. The van der Waals surface area contributed by atoms with Gasteiger partial charge >= 0.3 is 6.03 Å². The first-order chi connectivity index (χ1) is 17.0. The standard InChI is InChI=1S/C28H28N4O3/c1-2-20-9-11-21(12-10-20)17-31(18-22-6-5-15-29-16-22)25(33)19-32-26(34)28(30-27(32)35)14-13-23-7-3-4-8-24(23)28/h3-12,15-16H,2,13-14,17-19H2,1H3,(H,30,35). The number of rotatable bonds is 7. The number of imide groups is 1. The molecule has 1 unspecified atom stereocenters. The first-order valence-corrected chi connectivity index (χ1v) is 12.0. The van der Waals surface area contributed by atoms with Gasteiger partial charge in [-0.15, -0.1) is 0 Å². The fraction of sp³-hybridized carbons (Fsp3) is 0.286. The molecule has 1 saturated heterocycles. The molecule has 0 radical (unpaired) electrons. The summed E-state index contributed by atoms with van der Waals surface area (Å²) >= 11 is 0. The topological polar surface area (TPSA) is 82.6 Å². The zero-order valence-corrected chi connectivity index (χ0v) is 19.7. The molecule has 5 rings (SSSR count). The molecule has 4 amide bonds. The maximum atomic E-state index is 13.5. The number of hydrogen-bond acceptors (Lipinski definition) is 4. The predicted molar refractivity (Wildman–Crippen MR) is 131 cm³/mol. The van der Waals surface area contributed by atoms with Crippen LogP contribution in [0.5, 0.6) is 0 Å². The third-order valence-electron chi connectivity index (χ3n) is 6.97. The van der Waals surface area contributed by atoms with E-state index in [-0.39, 0.29) is 18.4 Å². The summed E-state index contributed by atoms with van der Waals surface area (Å²) in [6.07, 6.45) is 5.56. The van der Waals surface area contributed by atoms with Crippen molar-refractivity contribution in [1.82, 2.24) is 20.1 Å². The molecule has 1 N–H and O–H groups in total. The zero-order chi connectivity index (χ0) is 24.4. The van der Waals surface area contributed by atoms with Crippen molar-refractivity contribution in [3.8, 4) is 0 Å². The number of nitrogens with one attached hydrogen (secondary N) is 1. The lowest BCUT2D eigenvalue weighted by molar-refractivity contribution is -0.139. The first-order valence-electron chi connectivity index (χ1n) is 12.0. The van der Waals surface area contributed by atoms with Gasteiger partial charge in [0.1, 0.15) is 12.1 Å². The number of aromatic nitrogens is 1. The van der Waals surface area contributed by atoms with E-state index in [1.165, 1.54) is 5.56 Å². The highest BCUT2D eigenvalue weighted by atomic mass is 16.2. The molecule has 7 heteroatoms. The summed E-state index contributed by atoms with van der Waals surface area (Å²) in [6, 6.07) is 19.0. The van der Waals surface area contributed by atoms with Gasteiger partial charge in [-0.25, -0.2) is 4.79 Å². The van der Waals surface area contributed by atoms with E-state index in [0.717, 1.165) is 33.6 Å². The van der Waals surface area contributed by atoms with Crippen LogP contribution in [0.3, 0.4) is 0 Å². The van der Waals surface area contributed by atoms with E-state index in [1.54, 1.807) is 17.3 Å².